The maximum Gasteiger partial charge on any atom is 0.423 e. The van der Waals surface area contributed by atoms with Gasteiger partial charge in [-0.3, -0.25) is 10.7 Å². The highest BCUT2D eigenvalue weighted by Crippen LogP contribution is 2.42. The molecule has 1 unspecified atom stereocenters. The highest BCUT2D eigenvalue weighted by atomic mass is 19.4. The van der Waals surface area contributed by atoms with Crippen molar-refractivity contribution in [3.8, 4) is 5.69 Å². The van der Waals surface area contributed by atoms with Gasteiger partial charge in [-0.1, -0.05) is 6.07 Å². The van der Waals surface area contributed by atoms with Crippen LogP contribution in [-0.2, 0) is 12.1 Å². The van der Waals surface area contributed by atoms with Crippen molar-refractivity contribution in [1.29, 1.82) is 0 Å². The van der Waals surface area contributed by atoms with E-state index >= 15 is 0 Å². The molecule has 0 saturated carbocycles. The number of hydrogen-bond acceptors (Lipinski definition) is 4. The molecule has 5 rings (SSSR count). The number of aliphatic hydroxyl groups is 1. The van der Waals surface area contributed by atoms with E-state index < -0.39 is 24.1 Å². The number of fused-ring (bicyclic) bond motifs is 2. The van der Waals surface area contributed by atoms with Gasteiger partial charge in [-0.25, -0.2) is 9.07 Å². The van der Waals surface area contributed by atoms with Crippen LogP contribution in [0.4, 0.5) is 23.2 Å². The molecule has 0 bridgehead atoms. The summed E-state index contributed by atoms with van der Waals surface area (Å²) < 4.78 is 59.3. The van der Waals surface area contributed by atoms with E-state index in [4.69, 9.17) is 5.21 Å². The summed E-state index contributed by atoms with van der Waals surface area (Å²) in [5, 5.41) is 25.5. The maximum atomic E-state index is 14.4. The van der Waals surface area contributed by atoms with Crippen LogP contribution < -0.4 is 5.48 Å². The number of hydrogen-bond donors (Lipinski definition) is 3. The number of rotatable bonds is 5. The lowest BCUT2D eigenvalue weighted by atomic mass is 9.91. The molecular weight excluding hydrogens is 464 g/mol. The van der Waals surface area contributed by atoms with Crippen LogP contribution >= 0.6 is 0 Å². The molecule has 3 aromatic carbocycles. The number of aromatic nitrogens is 3. The van der Waals surface area contributed by atoms with E-state index in [9.17, 15) is 22.7 Å². The molecule has 10 heteroatoms. The first-order chi connectivity index (χ1) is 16.6. The van der Waals surface area contributed by atoms with E-state index in [-0.39, 0.29) is 5.56 Å². The fourth-order valence-corrected chi connectivity index (χ4v) is 4.34. The smallest absolute Gasteiger partial charge is 0.375 e. The van der Waals surface area contributed by atoms with E-state index in [1.165, 1.54) is 64.0 Å². The summed E-state index contributed by atoms with van der Waals surface area (Å²) in [5.74, 6) is -0.417. The number of anilines is 1. The molecule has 0 radical (unpaired) electrons. The summed E-state index contributed by atoms with van der Waals surface area (Å²) in [6, 6.07) is 15.9. The van der Waals surface area contributed by atoms with Crippen LogP contribution in [0.5, 0.6) is 0 Å². The Kier molecular flexibility index (Phi) is 5.30. The Bertz CT molecular complexity index is 1540. The molecule has 0 aliphatic carbocycles. The van der Waals surface area contributed by atoms with Gasteiger partial charge >= 0.3 is 6.18 Å². The minimum Gasteiger partial charge on any atom is -0.375 e. The molecule has 2 aromatic heterocycles. The number of nitrogens with zero attached hydrogens (tertiary/aromatic N) is 3. The average molecular weight is 484 g/mol. The lowest BCUT2D eigenvalue weighted by Crippen LogP contribution is -2.46. The second-order valence-corrected chi connectivity index (χ2v) is 8.42. The Morgan fingerprint density at radius 3 is 2.31 bits per heavy atom. The summed E-state index contributed by atoms with van der Waals surface area (Å²) >= 11 is 0. The van der Waals surface area contributed by atoms with Crippen molar-refractivity contribution >= 4 is 27.5 Å². The van der Waals surface area contributed by atoms with Gasteiger partial charge in [0.05, 0.1) is 29.6 Å². The van der Waals surface area contributed by atoms with E-state index in [1.807, 2.05) is 5.48 Å². The van der Waals surface area contributed by atoms with Crippen LogP contribution in [-0.4, -0.2) is 30.8 Å². The molecule has 0 spiro atoms. The second kappa shape index (κ2) is 8.10. The molecule has 180 valence electrons. The molecule has 1 atom stereocenters. The molecule has 6 nitrogen and oxygen atoms in total. The summed E-state index contributed by atoms with van der Waals surface area (Å²) in [6.45, 7) is 0.883. The van der Waals surface area contributed by atoms with Crippen molar-refractivity contribution in [2.75, 3.05) is 5.48 Å². The molecule has 0 saturated heterocycles. The highest BCUT2D eigenvalue weighted by molar-refractivity contribution is 5.85. The third-order valence-electron chi connectivity index (χ3n) is 6.21. The van der Waals surface area contributed by atoms with Crippen LogP contribution in [0, 0.1) is 12.7 Å². The fraction of sp³-hybridized carbons (Fsp3) is 0.160. The first-order valence-electron chi connectivity index (χ1n) is 10.6. The Hall–Kier alpha value is -3.89. The lowest BCUT2D eigenvalue weighted by Gasteiger charge is -2.32. The Morgan fingerprint density at radius 2 is 1.63 bits per heavy atom. The van der Waals surface area contributed by atoms with Crippen LogP contribution in [0.1, 0.15) is 11.3 Å². The van der Waals surface area contributed by atoms with Gasteiger partial charge in [0, 0.05) is 22.0 Å². The maximum absolute atomic E-state index is 14.4. The van der Waals surface area contributed by atoms with Crippen LogP contribution in [0.2, 0.25) is 0 Å². The van der Waals surface area contributed by atoms with E-state index in [0.29, 0.717) is 38.9 Å². The molecule has 5 aromatic rings. The monoisotopic (exact) mass is 484 g/mol. The SMILES string of the molecule is Cc1cc2cc(NO)ccc2n1CC(O)(c1ccc2c(cnn2-c2ccc(F)cc2)c1)C(F)(F)F. The van der Waals surface area contributed by atoms with E-state index in [1.54, 1.807) is 25.1 Å². The quantitative estimate of drug-likeness (QED) is 0.222. The van der Waals surface area contributed by atoms with Crippen molar-refractivity contribution in [3.05, 3.63) is 90.0 Å². The zero-order chi connectivity index (χ0) is 25.0. The molecule has 0 fully saturated rings. The van der Waals surface area contributed by atoms with Gasteiger partial charge in [0.1, 0.15) is 5.82 Å². The minimum absolute atomic E-state index is 0.328. The Labute approximate surface area is 196 Å². The van der Waals surface area contributed by atoms with E-state index in [2.05, 4.69) is 5.10 Å². The molecule has 3 N–H and O–H groups in total. The van der Waals surface area contributed by atoms with Gasteiger partial charge in [-0.05, 0) is 73.2 Å². The zero-order valence-electron chi connectivity index (χ0n) is 18.4. The van der Waals surface area contributed by atoms with Crippen LogP contribution in [0.25, 0.3) is 27.5 Å². The zero-order valence-corrected chi connectivity index (χ0v) is 18.4. The third-order valence-corrected chi connectivity index (χ3v) is 6.21. The van der Waals surface area contributed by atoms with Gasteiger partial charge in [0.25, 0.3) is 0 Å². The lowest BCUT2D eigenvalue weighted by molar-refractivity contribution is -0.271. The first-order valence-corrected chi connectivity index (χ1v) is 10.6. The van der Waals surface area contributed by atoms with Crippen molar-refractivity contribution < 1.29 is 27.9 Å². The normalized spacial score (nSPS) is 13.9. The minimum atomic E-state index is -4.98. The first kappa shape index (κ1) is 22.9. The number of aryl methyl sites for hydroxylation is 1. The van der Waals surface area contributed by atoms with Crippen molar-refractivity contribution in [1.82, 2.24) is 14.3 Å². The Morgan fingerprint density at radius 1 is 0.914 bits per heavy atom. The second-order valence-electron chi connectivity index (χ2n) is 8.42. The van der Waals surface area contributed by atoms with Crippen LogP contribution in [0.15, 0.2) is 72.9 Å². The average Bonchev–Trinajstić information content (AvgIpc) is 3.38. The molecular formula is C25H20F4N4O2. The number of alkyl halides is 3. The molecule has 0 amide bonds. The summed E-state index contributed by atoms with van der Waals surface area (Å²) in [5.41, 5.74) is 0.945. The topological polar surface area (TPSA) is 75.2 Å². The molecule has 2 heterocycles. The van der Waals surface area contributed by atoms with Gasteiger partial charge in [-0.15, -0.1) is 0 Å². The standard InChI is InChI=1S/C25H20F4N4O2/c1-15-10-16-12-20(31-35)5-9-22(16)32(15)14-24(34,25(27,28)29)18-2-8-23-17(11-18)13-30-33(23)21-6-3-19(26)4-7-21/h2-13,31,34-35H,14H2,1H3. The number of halogens is 4. The van der Waals surface area contributed by atoms with Crippen molar-refractivity contribution in [3.63, 3.8) is 0 Å². The molecule has 0 aliphatic heterocycles. The van der Waals surface area contributed by atoms with Gasteiger partial charge in [-0.2, -0.15) is 18.3 Å². The highest BCUT2D eigenvalue weighted by Gasteiger charge is 2.55. The summed E-state index contributed by atoms with van der Waals surface area (Å²) in [6.07, 6.45) is -3.58. The van der Waals surface area contributed by atoms with Gasteiger partial charge in [0.15, 0.2) is 0 Å². The van der Waals surface area contributed by atoms with Crippen LogP contribution in [0.3, 0.4) is 0 Å². The predicted molar refractivity (Wildman–Crippen MR) is 123 cm³/mol. The predicted octanol–water partition coefficient (Wildman–Crippen LogP) is 5.68. The molecule has 35 heavy (non-hydrogen) atoms. The summed E-state index contributed by atoms with van der Waals surface area (Å²) in [4.78, 5) is 0. The van der Waals surface area contributed by atoms with Crippen molar-refractivity contribution in [2.45, 2.75) is 25.2 Å². The number of benzene rings is 3. The Balaban J connectivity index is 1.59. The van der Waals surface area contributed by atoms with Crippen molar-refractivity contribution in [2.24, 2.45) is 0 Å². The van der Waals surface area contributed by atoms with Gasteiger partial charge < -0.3 is 9.67 Å². The summed E-state index contributed by atoms with van der Waals surface area (Å²) in [7, 11) is 0. The number of nitrogens with one attached hydrogen (secondary N) is 1. The van der Waals surface area contributed by atoms with E-state index in [0.717, 1.165) is 0 Å². The molecule has 0 aliphatic rings. The largest absolute Gasteiger partial charge is 0.423 e. The third kappa shape index (κ3) is 3.80. The fourth-order valence-electron chi connectivity index (χ4n) is 4.34. The van der Waals surface area contributed by atoms with Gasteiger partial charge in [0.2, 0.25) is 5.60 Å².